The van der Waals surface area contributed by atoms with E-state index in [9.17, 15) is 9.59 Å². The van der Waals surface area contributed by atoms with E-state index in [4.69, 9.17) is 42.1 Å². The zero-order valence-corrected chi connectivity index (χ0v) is 22.6. The van der Waals surface area contributed by atoms with Crippen molar-refractivity contribution in [2.45, 2.75) is 26.0 Å². The molecule has 0 saturated carbocycles. The number of methoxy groups -OCH3 is 3. The van der Waals surface area contributed by atoms with Gasteiger partial charge in [-0.2, -0.15) is 0 Å². The van der Waals surface area contributed by atoms with Gasteiger partial charge in [-0.3, -0.25) is 4.79 Å². The molecule has 0 unspecified atom stereocenters. The third kappa shape index (κ3) is 6.95. The van der Waals surface area contributed by atoms with E-state index in [0.29, 0.717) is 18.1 Å². The van der Waals surface area contributed by atoms with Crippen molar-refractivity contribution in [3.8, 4) is 22.6 Å². The first-order valence-corrected chi connectivity index (χ1v) is 12.3. The number of hydrogen-bond donors (Lipinski definition) is 1. The normalized spacial score (nSPS) is 11.5. The Balaban J connectivity index is 1.88. The predicted molar refractivity (Wildman–Crippen MR) is 144 cm³/mol. The van der Waals surface area contributed by atoms with Crippen LogP contribution < -0.4 is 14.8 Å². The van der Waals surface area contributed by atoms with Gasteiger partial charge in [0.05, 0.1) is 48.6 Å². The van der Waals surface area contributed by atoms with Gasteiger partial charge in [-0.25, -0.2) is 4.79 Å². The second-order valence-corrected chi connectivity index (χ2v) is 8.90. The standard InChI is InChI=1S/C28H29Cl2NO6/c1-5-37-28(33)22(31-27(32)26-20(29)7-6-8-21(26)30)13-17-9-11-19(12-10-17)25-23(35-3)14-18(16-34-2)15-24(25)36-4/h6-12,14-15,22H,5,13,16H2,1-4H3,(H,31,32)/t22-/m0/s1. The van der Waals surface area contributed by atoms with Crippen molar-refractivity contribution in [2.75, 3.05) is 27.9 Å². The lowest BCUT2D eigenvalue weighted by molar-refractivity contribution is -0.145. The zero-order chi connectivity index (χ0) is 26.9. The van der Waals surface area contributed by atoms with E-state index < -0.39 is 17.9 Å². The highest BCUT2D eigenvalue weighted by atomic mass is 35.5. The predicted octanol–water partition coefficient (Wildman–Crippen LogP) is 5.73. The van der Waals surface area contributed by atoms with Crippen molar-refractivity contribution in [1.29, 1.82) is 0 Å². The minimum absolute atomic E-state index is 0.103. The van der Waals surface area contributed by atoms with Crippen LogP contribution in [0.15, 0.2) is 54.6 Å². The molecule has 0 bridgehead atoms. The van der Waals surface area contributed by atoms with Gasteiger partial charge in [0.2, 0.25) is 0 Å². The molecular weight excluding hydrogens is 517 g/mol. The third-order valence-corrected chi connectivity index (χ3v) is 6.26. The molecule has 9 heteroatoms. The van der Waals surface area contributed by atoms with Crippen LogP contribution in [-0.4, -0.2) is 45.9 Å². The molecule has 3 aromatic rings. The highest BCUT2D eigenvalue weighted by molar-refractivity contribution is 6.39. The van der Waals surface area contributed by atoms with Crippen LogP contribution in [0.1, 0.15) is 28.4 Å². The van der Waals surface area contributed by atoms with E-state index in [-0.39, 0.29) is 28.6 Å². The van der Waals surface area contributed by atoms with E-state index in [0.717, 1.165) is 22.3 Å². The van der Waals surface area contributed by atoms with Crippen molar-refractivity contribution in [1.82, 2.24) is 5.32 Å². The smallest absolute Gasteiger partial charge is 0.328 e. The van der Waals surface area contributed by atoms with Gasteiger partial charge in [-0.05, 0) is 47.9 Å². The Labute approximate surface area is 226 Å². The van der Waals surface area contributed by atoms with Crippen LogP contribution in [0.4, 0.5) is 0 Å². The lowest BCUT2D eigenvalue weighted by Gasteiger charge is -2.19. The summed E-state index contributed by atoms with van der Waals surface area (Å²) in [5, 5.41) is 3.10. The van der Waals surface area contributed by atoms with Crippen molar-refractivity contribution in [3.05, 3.63) is 81.3 Å². The average molecular weight is 546 g/mol. The van der Waals surface area contributed by atoms with E-state index in [2.05, 4.69) is 5.32 Å². The molecule has 37 heavy (non-hydrogen) atoms. The van der Waals surface area contributed by atoms with Crippen LogP contribution in [0.3, 0.4) is 0 Å². The molecule has 3 rings (SSSR count). The first-order chi connectivity index (χ1) is 17.8. The van der Waals surface area contributed by atoms with Gasteiger partial charge >= 0.3 is 5.97 Å². The summed E-state index contributed by atoms with van der Waals surface area (Å²) in [7, 11) is 4.82. The molecule has 0 heterocycles. The van der Waals surface area contributed by atoms with Gasteiger partial charge < -0.3 is 24.3 Å². The van der Waals surface area contributed by atoms with E-state index in [1.165, 1.54) is 0 Å². The number of carbonyl (C=O) groups excluding carboxylic acids is 2. The fourth-order valence-corrected chi connectivity index (χ4v) is 4.49. The van der Waals surface area contributed by atoms with Gasteiger partial charge in [0.25, 0.3) is 5.91 Å². The van der Waals surface area contributed by atoms with E-state index in [1.54, 1.807) is 46.5 Å². The first-order valence-electron chi connectivity index (χ1n) is 11.6. The molecule has 1 N–H and O–H groups in total. The van der Waals surface area contributed by atoms with Crippen molar-refractivity contribution in [2.24, 2.45) is 0 Å². The molecule has 0 aliphatic carbocycles. The Morgan fingerprint density at radius 1 is 0.892 bits per heavy atom. The van der Waals surface area contributed by atoms with Gasteiger partial charge in [-0.1, -0.05) is 53.5 Å². The molecular formula is C28H29Cl2NO6. The Morgan fingerprint density at radius 2 is 1.49 bits per heavy atom. The van der Waals surface area contributed by atoms with Gasteiger partial charge in [-0.15, -0.1) is 0 Å². The molecule has 0 aromatic heterocycles. The highest BCUT2D eigenvalue weighted by Crippen LogP contribution is 2.40. The summed E-state index contributed by atoms with van der Waals surface area (Å²) in [5.74, 6) is 0.177. The molecule has 196 valence electrons. The first kappa shape index (κ1) is 28.3. The molecule has 0 aliphatic rings. The van der Waals surface area contributed by atoms with Crippen molar-refractivity contribution < 1.29 is 28.5 Å². The molecule has 1 atom stereocenters. The minimum Gasteiger partial charge on any atom is -0.496 e. The van der Waals surface area contributed by atoms with Crippen molar-refractivity contribution in [3.63, 3.8) is 0 Å². The molecule has 3 aromatic carbocycles. The molecule has 7 nitrogen and oxygen atoms in total. The number of carbonyl (C=O) groups is 2. The molecule has 0 spiro atoms. The minimum atomic E-state index is -0.942. The molecule has 0 aliphatic heterocycles. The summed E-state index contributed by atoms with van der Waals surface area (Å²) >= 11 is 12.3. The lowest BCUT2D eigenvalue weighted by atomic mass is 9.98. The fraction of sp³-hybridized carbons (Fsp3) is 0.286. The number of benzene rings is 3. The van der Waals surface area contributed by atoms with Crippen LogP contribution >= 0.6 is 23.2 Å². The van der Waals surface area contributed by atoms with Crippen LogP contribution in [-0.2, 0) is 27.3 Å². The SMILES string of the molecule is CCOC(=O)[C@H](Cc1ccc(-c2c(OC)cc(COC)cc2OC)cc1)NC(=O)c1c(Cl)cccc1Cl. The fourth-order valence-electron chi connectivity index (χ4n) is 3.93. The number of halogens is 2. The van der Waals surface area contributed by atoms with E-state index >= 15 is 0 Å². The third-order valence-electron chi connectivity index (χ3n) is 5.63. The summed E-state index contributed by atoms with van der Waals surface area (Å²) < 4.78 is 21.7. The maximum Gasteiger partial charge on any atom is 0.328 e. The Bertz CT molecular complexity index is 1200. The van der Waals surface area contributed by atoms with Crippen LogP contribution in [0.2, 0.25) is 10.0 Å². The Morgan fingerprint density at radius 3 is 2.00 bits per heavy atom. The largest absolute Gasteiger partial charge is 0.496 e. The van der Waals surface area contributed by atoms with Gasteiger partial charge in [0.15, 0.2) is 0 Å². The van der Waals surface area contributed by atoms with Crippen molar-refractivity contribution >= 4 is 35.1 Å². The number of ether oxygens (including phenoxy) is 4. The Kier molecular flexibility index (Phi) is 10.2. The quantitative estimate of drug-likeness (QED) is 0.310. The number of amides is 1. The second kappa shape index (κ2) is 13.3. The summed E-state index contributed by atoms with van der Waals surface area (Å²) in [4.78, 5) is 25.6. The molecule has 0 fully saturated rings. The maximum atomic E-state index is 12.9. The lowest BCUT2D eigenvalue weighted by Crippen LogP contribution is -2.43. The summed E-state index contributed by atoms with van der Waals surface area (Å²) in [5.41, 5.74) is 3.48. The monoisotopic (exact) mass is 545 g/mol. The Hall–Kier alpha value is -3.26. The average Bonchev–Trinajstić information content (AvgIpc) is 2.88. The number of esters is 1. The molecule has 0 radical (unpaired) electrons. The summed E-state index contributed by atoms with van der Waals surface area (Å²) in [6.07, 6.45) is 0.202. The zero-order valence-electron chi connectivity index (χ0n) is 21.1. The van der Waals surface area contributed by atoms with E-state index in [1.807, 2.05) is 36.4 Å². The number of rotatable bonds is 11. The summed E-state index contributed by atoms with van der Waals surface area (Å²) in [6, 6.07) is 15.2. The number of nitrogens with one attached hydrogen (secondary N) is 1. The molecule has 1 amide bonds. The summed E-state index contributed by atoms with van der Waals surface area (Å²) in [6.45, 7) is 2.30. The maximum absolute atomic E-state index is 12.9. The highest BCUT2D eigenvalue weighted by Gasteiger charge is 2.25. The van der Waals surface area contributed by atoms with Gasteiger partial charge in [0.1, 0.15) is 17.5 Å². The van der Waals surface area contributed by atoms with Crippen LogP contribution in [0.25, 0.3) is 11.1 Å². The van der Waals surface area contributed by atoms with Gasteiger partial charge in [0, 0.05) is 13.5 Å². The topological polar surface area (TPSA) is 83.1 Å². The van der Waals surface area contributed by atoms with Crippen LogP contribution in [0.5, 0.6) is 11.5 Å². The second-order valence-electron chi connectivity index (χ2n) is 8.08. The number of hydrogen-bond acceptors (Lipinski definition) is 6. The van der Waals surface area contributed by atoms with Crippen LogP contribution in [0, 0.1) is 0 Å². The molecule has 0 saturated heterocycles.